The lowest BCUT2D eigenvalue weighted by Gasteiger charge is -2.27. The molecule has 4 aromatic carbocycles. The first-order valence-corrected chi connectivity index (χ1v) is 13.7. The predicted octanol–water partition coefficient (Wildman–Crippen LogP) is 9.60. The van der Waals surface area contributed by atoms with Crippen LogP contribution in [0.1, 0.15) is 37.5 Å². The third-order valence-electron chi connectivity index (χ3n) is 8.26. The molecule has 1 atom stereocenters. The van der Waals surface area contributed by atoms with Crippen molar-refractivity contribution in [3.05, 3.63) is 130 Å². The Bertz CT molecular complexity index is 1660. The van der Waals surface area contributed by atoms with E-state index in [2.05, 4.69) is 112 Å². The number of rotatable bonds is 4. The standard InChI is InChI=1S/C34H30Cl2N2/c1-33(2)25-18-17-23-13-8-9-14-24(23)32(25)38(4)31(33)16-10-15-30-34(3,21-22-11-6-5-7-12-22)26-19-27(35)28(36)20-29(26)37-30/h5-20H,21H2,1-4H3/b15-10+,31-16+. The molecule has 1 unspecified atom stereocenters. The summed E-state index contributed by atoms with van der Waals surface area (Å²) in [5.41, 5.74) is 7.72. The molecule has 0 amide bonds. The van der Waals surface area contributed by atoms with Crippen LogP contribution in [-0.4, -0.2) is 12.8 Å². The highest BCUT2D eigenvalue weighted by Gasteiger charge is 2.40. The molecule has 0 fully saturated rings. The highest BCUT2D eigenvalue weighted by atomic mass is 35.5. The van der Waals surface area contributed by atoms with Crippen LogP contribution in [0, 0.1) is 0 Å². The fourth-order valence-electron chi connectivity index (χ4n) is 6.22. The third kappa shape index (κ3) is 3.90. The van der Waals surface area contributed by atoms with E-state index in [0.29, 0.717) is 10.0 Å². The summed E-state index contributed by atoms with van der Waals surface area (Å²) in [6.07, 6.45) is 7.37. The van der Waals surface area contributed by atoms with E-state index >= 15 is 0 Å². The number of anilines is 1. The molecule has 2 nitrogen and oxygen atoms in total. The average molecular weight is 538 g/mol. The Morgan fingerprint density at radius 3 is 2.34 bits per heavy atom. The van der Waals surface area contributed by atoms with Gasteiger partial charge < -0.3 is 4.90 Å². The molecule has 0 N–H and O–H groups in total. The molecule has 0 aliphatic carbocycles. The first-order valence-electron chi connectivity index (χ1n) is 13.0. The summed E-state index contributed by atoms with van der Waals surface area (Å²) < 4.78 is 0. The second-order valence-corrected chi connectivity index (χ2v) is 11.9. The number of hydrogen-bond acceptors (Lipinski definition) is 2. The number of halogens is 2. The first-order chi connectivity index (χ1) is 18.2. The maximum atomic E-state index is 6.48. The van der Waals surface area contributed by atoms with E-state index in [1.165, 1.54) is 33.3 Å². The highest BCUT2D eigenvalue weighted by Crippen LogP contribution is 2.50. The number of benzene rings is 4. The molecule has 0 radical (unpaired) electrons. The average Bonchev–Trinajstić information content (AvgIpc) is 3.27. The van der Waals surface area contributed by atoms with Crippen molar-refractivity contribution in [3.63, 3.8) is 0 Å². The fraction of sp³-hybridized carbons (Fsp3) is 0.206. The van der Waals surface area contributed by atoms with Gasteiger partial charge in [0.2, 0.25) is 0 Å². The van der Waals surface area contributed by atoms with Crippen LogP contribution in [0.25, 0.3) is 10.8 Å². The molecular weight excluding hydrogens is 507 g/mol. The van der Waals surface area contributed by atoms with Crippen LogP contribution in [0.15, 0.2) is 108 Å². The van der Waals surface area contributed by atoms with E-state index in [0.717, 1.165) is 23.4 Å². The van der Waals surface area contributed by atoms with E-state index < -0.39 is 0 Å². The van der Waals surface area contributed by atoms with Gasteiger partial charge in [0.15, 0.2) is 0 Å². The molecular formula is C34H30Cl2N2. The van der Waals surface area contributed by atoms with Crippen molar-refractivity contribution in [1.29, 1.82) is 0 Å². The topological polar surface area (TPSA) is 15.6 Å². The maximum Gasteiger partial charge on any atom is 0.0690 e. The van der Waals surface area contributed by atoms with Gasteiger partial charge in [0.25, 0.3) is 0 Å². The minimum Gasteiger partial charge on any atom is -0.347 e. The van der Waals surface area contributed by atoms with Crippen LogP contribution in [0.5, 0.6) is 0 Å². The largest absolute Gasteiger partial charge is 0.347 e. The number of aliphatic imine (C=N–C) groups is 1. The number of hydrogen-bond donors (Lipinski definition) is 0. The van der Waals surface area contributed by atoms with Crippen molar-refractivity contribution in [1.82, 2.24) is 0 Å². The summed E-state index contributed by atoms with van der Waals surface area (Å²) >= 11 is 12.9. The van der Waals surface area contributed by atoms with Crippen molar-refractivity contribution < 1.29 is 0 Å². The van der Waals surface area contributed by atoms with Crippen molar-refractivity contribution in [3.8, 4) is 0 Å². The zero-order chi connectivity index (χ0) is 26.7. The van der Waals surface area contributed by atoms with Crippen molar-refractivity contribution in [2.75, 3.05) is 11.9 Å². The normalized spacial score (nSPS) is 20.8. The Hall–Kier alpha value is -3.33. The molecule has 2 aliphatic heterocycles. The Morgan fingerprint density at radius 1 is 0.842 bits per heavy atom. The smallest absolute Gasteiger partial charge is 0.0690 e. The fourth-order valence-corrected chi connectivity index (χ4v) is 6.54. The van der Waals surface area contributed by atoms with E-state index in [9.17, 15) is 0 Å². The van der Waals surface area contributed by atoms with Crippen LogP contribution in [0.2, 0.25) is 10.0 Å². The molecule has 2 heterocycles. The minimum atomic E-state index is -0.323. The van der Waals surface area contributed by atoms with Gasteiger partial charge in [-0.05, 0) is 59.7 Å². The van der Waals surface area contributed by atoms with Gasteiger partial charge in [0, 0.05) is 29.0 Å². The molecule has 2 aliphatic rings. The van der Waals surface area contributed by atoms with Gasteiger partial charge in [-0.1, -0.05) is 110 Å². The zero-order valence-electron chi connectivity index (χ0n) is 22.1. The van der Waals surface area contributed by atoms with Crippen molar-refractivity contribution >= 4 is 51.1 Å². The highest BCUT2D eigenvalue weighted by molar-refractivity contribution is 6.42. The summed E-state index contributed by atoms with van der Waals surface area (Å²) in [7, 11) is 2.17. The van der Waals surface area contributed by atoms with Crippen LogP contribution >= 0.6 is 23.2 Å². The van der Waals surface area contributed by atoms with Gasteiger partial charge >= 0.3 is 0 Å². The predicted molar refractivity (Wildman–Crippen MR) is 164 cm³/mol. The van der Waals surface area contributed by atoms with Gasteiger partial charge in [-0.3, -0.25) is 4.99 Å². The first kappa shape index (κ1) is 25.0. The summed E-state index contributed by atoms with van der Waals surface area (Å²) in [6, 6.07) is 27.6. The molecule has 190 valence electrons. The van der Waals surface area contributed by atoms with Gasteiger partial charge in [-0.15, -0.1) is 0 Å². The van der Waals surface area contributed by atoms with Gasteiger partial charge in [-0.2, -0.15) is 0 Å². The lowest BCUT2D eigenvalue weighted by atomic mass is 9.74. The maximum absolute atomic E-state index is 6.48. The monoisotopic (exact) mass is 536 g/mol. The van der Waals surface area contributed by atoms with Crippen LogP contribution < -0.4 is 4.90 Å². The van der Waals surface area contributed by atoms with Gasteiger partial charge in [-0.25, -0.2) is 0 Å². The summed E-state index contributed by atoms with van der Waals surface area (Å²) in [6.45, 7) is 6.85. The molecule has 4 aromatic rings. The molecule has 4 heteroatoms. The van der Waals surface area contributed by atoms with Crippen molar-refractivity contribution in [2.45, 2.75) is 38.0 Å². The number of allylic oxidation sites excluding steroid dienone is 4. The lowest BCUT2D eigenvalue weighted by molar-refractivity contribution is 0.640. The molecule has 0 saturated heterocycles. The molecule has 0 spiro atoms. The Kier molecular flexibility index (Phi) is 6.01. The van der Waals surface area contributed by atoms with E-state index in [1.807, 2.05) is 18.2 Å². The Balaban J connectivity index is 1.39. The molecule has 6 rings (SSSR count). The number of nitrogens with zero attached hydrogens (tertiary/aromatic N) is 2. The summed E-state index contributed by atoms with van der Waals surface area (Å²) in [5.74, 6) is 0. The quantitative estimate of drug-likeness (QED) is 0.253. The third-order valence-corrected chi connectivity index (χ3v) is 8.98. The molecule has 0 saturated carbocycles. The number of likely N-dealkylation sites (N-methyl/N-ethyl adjacent to an activating group) is 1. The number of fused-ring (bicyclic) bond motifs is 4. The van der Waals surface area contributed by atoms with Crippen LogP contribution in [0.4, 0.5) is 11.4 Å². The Labute approximate surface area is 234 Å². The second-order valence-electron chi connectivity index (χ2n) is 11.1. The lowest BCUT2D eigenvalue weighted by Crippen LogP contribution is -2.31. The van der Waals surface area contributed by atoms with Gasteiger partial charge in [0.1, 0.15) is 0 Å². The molecule has 38 heavy (non-hydrogen) atoms. The Morgan fingerprint density at radius 2 is 1.55 bits per heavy atom. The van der Waals surface area contributed by atoms with E-state index in [1.54, 1.807) is 0 Å². The van der Waals surface area contributed by atoms with Crippen LogP contribution in [0.3, 0.4) is 0 Å². The minimum absolute atomic E-state index is 0.118. The zero-order valence-corrected chi connectivity index (χ0v) is 23.6. The second kappa shape index (κ2) is 9.15. The molecule has 0 bridgehead atoms. The summed E-state index contributed by atoms with van der Waals surface area (Å²) in [5, 5.41) is 3.64. The van der Waals surface area contributed by atoms with Crippen molar-refractivity contribution in [2.24, 2.45) is 4.99 Å². The SMILES string of the molecule is CN1/C(=C/C=C/C2=Nc3cc(Cl)c(Cl)cc3C2(C)Cc2ccccc2)C(C)(C)c2ccc3ccccc3c21. The van der Waals surface area contributed by atoms with E-state index in [4.69, 9.17) is 28.2 Å². The summed E-state index contributed by atoms with van der Waals surface area (Å²) in [4.78, 5) is 7.39. The molecule has 0 aromatic heterocycles. The van der Waals surface area contributed by atoms with Crippen LogP contribution in [-0.2, 0) is 17.3 Å². The van der Waals surface area contributed by atoms with E-state index in [-0.39, 0.29) is 10.8 Å². The van der Waals surface area contributed by atoms with Gasteiger partial charge in [0.05, 0.1) is 27.1 Å².